The first-order valence-electron chi connectivity index (χ1n) is 10.5. The lowest BCUT2D eigenvalue weighted by atomic mass is 10.0. The van der Waals surface area contributed by atoms with E-state index in [0.717, 1.165) is 19.6 Å². The maximum absolute atomic E-state index is 12.7. The van der Waals surface area contributed by atoms with Crippen LogP contribution in [-0.2, 0) is 16.1 Å². The van der Waals surface area contributed by atoms with Crippen molar-refractivity contribution >= 4 is 29.0 Å². The smallest absolute Gasteiger partial charge is 0.339 e. The molecule has 1 amide bonds. The number of amides is 1. The summed E-state index contributed by atoms with van der Waals surface area (Å²) in [5.74, 6) is -1.12. The highest BCUT2D eigenvalue weighted by atomic mass is 32.1. The Hall–Kier alpha value is -3.29. The molecule has 1 aromatic heterocycles. The lowest BCUT2D eigenvalue weighted by Gasteiger charge is -2.34. The molecule has 0 spiro atoms. The van der Waals surface area contributed by atoms with Crippen molar-refractivity contribution in [1.82, 2.24) is 9.80 Å². The van der Waals surface area contributed by atoms with E-state index >= 15 is 0 Å². The molecule has 1 fully saturated rings. The van der Waals surface area contributed by atoms with Gasteiger partial charge in [-0.3, -0.25) is 14.5 Å². The molecule has 1 aliphatic rings. The number of thiophene rings is 1. The molecule has 0 atom stereocenters. The second-order valence-electron chi connectivity index (χ2n) is 7.57. The lowest BCUT2D eigenvalue weighted by molar-refractivity contribution is -0.136. The van der Waals surface area contributed by atoms with Crippen molar-refractivity contribution < 1.29 is 19.1 Å². The van der Waals surface area contributed by atoms with Gasteiger partial charge in [0.05, 0.1) is 10.4 Å². The molecule has 2 aromatic carbocycles. The zero-order valence-electron chi connectivity index (χ0n) is 17.6. The van der Waals surface area contributed by atoms with E-state index in [-0.39, 0.29) is 29.4 Å². The van der Waals surface area contributed by atoms with Gasteiger partial charge in [-0.15, -0.1) is 11.3 Å². The fourth-order valence-electron chi connectivity index (χ4n) is 3.69. The number of ether oxygens (including phenoxy) is 1. The molecule has 0 saturated carbocycles. The van der Waals surface area contributed by atoms with Gasteiger partial charge < -0.3 is 9.64 Å². The van der Waals surface area contributed by atoms with Crippen molar-refractivity contribution in [3.63, 3.8) is 0 Å². The van der Waals surface area contributed by atoms with E-state index in [2.05, 4.69) is 17.0 Å². The van der Waals surface area contributed by atoms with Gasteiger partial charge in [-0.1, -0.05) is 54.6 Å². The molecule has 164 valence electrons. The summed E-state index contributed by atoms with van der Waals surface area (Å²) in [5, 5.41) is 1.81. The largest absolute Gasteiger partial charge is 0.452 e. The first kappa shape index (κ1) is 21.9. The van der Waals surface area contributed by atoms with Crippen molar-refractivity contribution in [2.24, 2.45) is 0 Å². The third-order valence-corrected chi connectivity index (χ3v) is 6.31. The van der Waals surface area contributed by atoms with Crippen LogP contribution in [0.25, 0.3) is 0 Å². The van der Waals surface area contributed by atoms with Gasteiger partial charge in [0.15, 0.2) is 6.61 Å². The molecule has 0 aliphatic carbocycles. The Bertz CT molecular complexity index is 1070. The minimum absolute atomic E-state index is 0.173. The Morgan fingerprint density at radius 3 is 2.19 bits per heavy atom. The average Bonchev–Trinajstić information content (AvgIpc) is 3.38. The molecule has 1 aliphatic heterocycles. The Morgan fingerprint density at radius 1 is 0.812 bits per heavy atom. The van der Waals surface area contributed by atoms with Crippen LogP contribution in [0.2, 0.25) is 0 Å². The van der Waals surface area contributed by atoms with Crippen LogP contribution < -0.4 is 0 Å². The number of nitrogens with zero attached hydrogens (tertiary/aromatic N) is 2. The molecular weight excluding hydrogens is 424 g/mol. The number of esters is 1. The molecule has 1 saturated heterocycles. The van der Waals surface area contributed by atoms with E-state index in [1.165, 1.54) is 16.9 Å². The zero-order chi connectivity index (χ0) is 22.3. The van der Waals surface area contributed by atoms with Crippen molar-refractivity contribution in [3.05, 3.63) is 93.7 Å². The fraction of sp³-hybridized carbons (Fsp3) is 0.240. The van der Waals surface area contributed by atoms with Crippen LogP contribution >= 0.6 is 11.3 Å². The lowest BCUT2D eigenvalue weighted by Crippen LogP contribution is -2.49. The third-order valence-electron chi connectivity index (χ3n) is 5.44. The Kier molecular flexibility index (Phi) is 7.09. The Balaban J connectivity index is 1.29. The molecule has 0 radical (unpaired) electrons. The number of hydrogen-bond acceptors (Lipinski definition) is 6. The molecule has 4 rings (SSSR count). The second-order valence-corrected chi connectivity index (χ2v) is 8.52. The number of piperazine rings is 1. The van der Waals surface area contributed by atoms with Gasteiger partial charge in [0.25, 0.3) is 5.91 Å². The highest BCUT2D eigenvalue weighted by Gasteiger charge is 2.24. The van der Waals surface area contributed by atoms with E-state index in [1.807, 2.05) is 23.6 Å². The van der Waals surface area contributed by atoms with Crippen LogP contribution in [0.15, 0.2) is 72.1 Å². The average molecular weight is 449 g/mol. The molecule has 0 unspecified atom stereocenters. The summed E-state index contributed by atoms with van der Waals surface area (Å²) in [6.07, 6.45) is 0. The number of carbonyl (C=O) groups excluding carboxylic acids is 3. The van der Waals surface area contributed by atoms with E-state index in [9.17, 15) is 14.4 Å². The molecule has 0 bridgehead atoms. The second kappa shape index (κ2) is 10.3. The normalized spacial score (nSPS) is 14.2. The maximum atomic E-state index is 12.7. The highest BCUT2D eigenvalue weighted by Crippen LogP contribution is 2.19. The van der Waals surface area contributed by atoms with E-state index < -0.39 is 5.97 Å². The van der Waals surface area contributed by atoms with Crippen LogP contribution in [0.4, 0.5) is 0 Å². The summed E-state index contributed by atoms with van der Waals surface area (Å²) in [6, 6.07) is 20.3. The van der Waals surface area contributed by atoms with Gasteiger partial charge in [-0.25, -0.2) is 4.79 Å². The molecule has 7 heteroatoms. The van der Waals surface area contributed by atoms with Crippen LogP contribution in [0, 0.1) is 0 Å². The van der Waals surface area contributed by atoms with Gasteiger partial charge in [0, 0.05) is 38.3 Å². The first-order valence-corrected chi connectivity index (χ1v) is 11.4. The number of rotatable bonds is 7. The van der Waals surface area contributed by atoms with Crippen LogP contribution in [-0.4, -0.2) is 60.2 Å². The Morgan fingerprint density at radius 2 is 1.50 bits per heavy atom. The van der Waals surface area contributed by atoms with Crippen molar-refractivity contribution in [3.8, 4) is 0 Å². The quantitative estimate of drug-likeness (QED) is 0.409. The number of ketones is 1. The monoisotopic (exact) mass is 448 g/mol. The van der Waals surface area contributed by atoms with Crippen LogP contribution in [0.5, 0.6) is 0 Å². The van der Waals surface area contributed by atoms with E-state index in [0.29, 0.717) is 18.0 Å². The summed E-state index contributed by atoms with van der Waals surface area (Å²) in [5.41, 5.74) is 1.70. The Labute approximate surface area is 191 Å². The predicted molar refractivity (Wildman–Crippen MR) is 123 cm³/mol. The third kappa shape index (κ3) is 5.30. The van der Waals surface area contributed by atoms with E-state index in [4.69, 9.17) is 4.74 Å². The topological polar surface area (TPSA) is 66.9 Å². The van der Waals surface area contributed by atoms with Crippen LogP contribution in [0.1, 0.15) is 31.2 Å². The van der Waals surface area contributed by atoms with Gasteiger partial charge >= 0.3 is 5.97 Å². The standard InChI is InChI=1S/C25H24N2O4S/c28-23(27-14-12-26(13-15-27)17-19-7-2-1-3-8-19)18-31-25(30)21-10-5-4-9-20(21)24(29)22-11-6-16-32-22/h1-11,16H,12-15,17-18H2. The summed E-state index contributed by atoms with van der Waals surface area (Å²) >= 11 is 1.32. The zero-order valence-corrected chi connectivity index (χ0v) is 18.4. The van der Waals surface area contributed by atoms with Crippen molar-refractivity contribution in [2.75, 3.05) is 32.8 Å². The molecule has 2 heterocycles. The minimum Gasteiger partial charge on any atom is -0.452 e. The summed E-state index contributed by atoms with van der Waals surface area (Å²) in [7, 11) is 0. The summed E-state index contributed by atoms with van der Waals surface area (Å²) in [4.78, 5) is 42.5. The van der Waals surface area contributed by atoms with Crippen molar-refractivity contribution in [1.29, 1.82) is 0 Å². The van der Waals surface area contributed by atoms with Gasteiger partial charge in [-0.2, -0.15) is 0 Å². The summed E-state index contributed by atoms with van der Waals surface area (Å²) in [6.45, 7) is 3.25. The number of hydrogen-bond donors (Lipinski definition) is 0. The minimum atomic E-state index is -0.665. The number of carbonyl (C=O) groups is 3. The molecule has 32 heavy (non-hydrogen) atoms. The first-order chi connectivity index (χ1) is 15.6. The fourth-order valence-corrected chi connectivity index (χ4v) is 4.37. The SMILES string of the molecule is O=C(OCC(=O)N1CCN(Cc2ccccc2)CC1)c1ccccc1C(=O)c1cccs1. The molecular formula is C25H24N2O4S. The highest BCUT2D eigenvalue weighted by molar-refractivity contribution is 7.12. The van der Waals surface area contributed by atoms with Gasteiger partial charge in [-0.05, 0) is 23.1 Å². The van der Waals surface area contributed by atoms with Crippen LogP contribution in [0.3, 0.4) is 0 Å². The summed E-state index contributed by atoms with van der Waals surface area (Å²) < 4.78 is 5.28. The molecule has 6 nitrogen and oxygen atoms in total. The predicted octanol–water partition coefficient (Wildman–Crippen LogP) is 3.48. The van der Waals surface area contributed by atoms with Gasteiger partial charge in [0.1, 0.15) is 0 Å². The molecule has 0 N–H and O–H groups in total. The van der Waals surface area contributed by atoms with Crippen molar-refractivity contribution in [2.45, 2.75) is 6.54 Å². The van der Waals surface area contributed by atoms with E-state index in [1.54, 1.807) is 41.3 Å². The molecule has 3 aromatic rings. The number of benzene rings is 2. The maximum Gasteiger partial charge on any atom is 0.339 e. The van der Waals surface area contributed by atoms with Gasteiger partial charge in [0.2, 0.25) is 5.78 Å².